The number of ether oxygens (including phenoxy) is 2. The Hall–Kier alpha value is -3.34. The summed E-state index contributed by atoms with van der Waals surface area (Å²) in [7, 11) is 1.57. The monoisotopic (exact) mass is 322 g/mol. The number of rotatable bonds is 4. The van der Waals surface area contributed by atoms with E-state index in [1.165, 1.54) is 0 Å². The molecule has 5 heteroatoms. The average Bonchev–Trinajstić information content (AvgIpc) is 2.61. The zero-order valence-corrected chi connectivity index (χ0v) is 12.9. The number of carbonyl (C=O) groups excluding carboxylic acids is 1. The molecule has 0 spiro atoms. The summed E-state index contributed by atoms with van der Waals surface area (Å²) in [5.74, 6) is 0.492. The van der Waals surface area contributed by atoms with E-state index in [0.717, 1.165) is 6.08 Å². The van der Waals surface area contributed by atoms with Gasteiger partial charge in [0.2, 0.25) is 0 Å². The van der Waals surface area contributed by atoms with Crippen LogP contribution in [0.3, 0.4) is 0 Å². The summed E-state index contributed by atoms with van der Waals surface area (Å²) in [5.41, 5.74) is 1.09. The van der Waals surface area contributed by atoms with Gasteiger partial charge in [0.25, 0.3) is 0 Å². The molecular weight excluding hydrogens is 308 g/mol. The van der Waals surface area contributed by atoms with Gasteiger partial charge in [-0.25, -0.2) is 9.59 Å². The van der Waals surface area contributed by atoms with Crippen LogP contribution in [0.2, 0.25) is 0 Å². The van der Waals surface area contributed by atoms with Crippen molar-refractivity contribution in [3.05, 3.63) is 71.6 Å². The topological polar surface area (TPSA) is 65.7 Å². The van der Waals surface area contributed by atoms with Gasteiger partial charge >= 0.3 is 11.6 Å². The van der Waals surface area contributed by atoms with Gasteiger partial charge in [-0.1, -0.05) is 18.7 Å². The summed E-state index contributed by atoms with van der Waals surface area (Å²) in [5, 5.41) is 0.648. The van der Waals surface area contributed by atoms with Crippen LogP contribution in [-0.4, -0.2) is 13.1 Å². The van der Waals surface area contributed by atoms with Crippen molar-refractivity contribution in [2.45, 2.75) is 0 Å². The summed E-state index contributed by atoms with van der Waals surface area (Å²) >= 11 is 0. The molecule has 0 bridgehead atoms. The molecule has 0 aliphatic heterocycles. The highest BCUT2D eigenvalue weighted by Gasteiger charge is 2.10. The van der Waals surface area contributed by atoms with E-state index in [1.54, 1.807) is 55.6 Å². The molecule has 0 aliphatic rings. The van der Waals surface area contributed by atoms with Crippen molar-refractivity contribution in [2.24, 2.45) is 0 Å². The number of hydrogen-bond donors (Lipinski definition) is 0. The molecule has 0 N–H and O–H groups in total. The molecule has 3 rings (SSSR count). The van der Waals surface area contributed by atoms with Crippen LogP contribution in [0, 0.1) is 0 Å². The van der Waals surface area contributed by atoms with Gasteiger partial charge in [0.15, 0.2) is 0 Å². The third-order valence-electron chi connectivity index (χ3n) is 3.49. The van der Waals surface area contributed by atoms with Gasteiger partial charge in [0.1, 0.15) is 17.1 Å². The zero-order chi connectivity index (χ0) is 17.1. The highest BCUT2D eigenvalue weighted by atomic mass is 16.5. The van der Waals surface area contributed by atoms with Gasteiger partial charge in [-0.3, -0.25) is 0 Å². The number of methoxy groups -OCH3 is 1. The Bertz CT molecular complexity index is 967. The second-order valence-electron chi connectivity index (χ2n) is 5.00. The van der Waals surface area contributed by atoms with Crippen LogP contribution in [0.5, 0.6) is 11.5 Å². The van der Waals surface area contributed by atoms with Crippen LogP contribution in [0.4, 0.5) is 0 Å². The van der Waals surface area contributed by atoms with Crippen LogP contribution in [0.15, 0.2) is 70.4 Å². The molecule has 3 aromatic rings. The van der Waals surface area contributed by atoms with Gasteiger partial charge < -0.3 is 13.9 Å². The van der Waals surface area contributed by atoms with Gasteiger partial charge in [0, 0.05) is 11.5 Å². The van der Waals surface area contributed by atoms with Crippen molar-refractivity contribution in [2.75, 3.05) is 7.11 Å². The van der Waals surface area contributed by atoms with E-state index in [-0.39, 0.29) is 0 Å². The van der Waals surface area contributed by atoms with Crippen LogP contribution < -0.4 is 15.1 Å². The van der Waals surface area contributed by atoms with Crippen LogP contribution in [0.1, 0.15) is 0 Å². The lowest BCUT2D eigenvalue weighted by molar-refractivity contribution is -0.128. The van der Waals surface area contributed by atoms with Crippen LogP contribution >= 0.6 is 0 Å². The van der Waals surface area contributed by atoms with Gasteiger partial charge in [-0.15, -0.1) is 0 Å². The molecule has 0 radical (unpaired) electrons. The minimum atomic E-state index is -0.554. The third-order valence-corrected chi connectivity index (χ3v) is 3.49. The highest BCUT2D eigenvalue weighted by molar-refractivity contribution is 5.86. The Kier molecular flexibility index (Phi) is 4.16. The quantitative estimate of drug-likeness (QED) is 0.318. The molecule has 5 nitrogen and oxygen atoms in total. The van der Waals surface area contributed by atoms with E-state index < -0.39 is 11.6 Å². The first kappa shape index (κ1) is 15.6. The van der Waals surface area contributed by atoms with Crippen LogP contribution in [-0.2, 0) is 4.79 Å². The Morgan fingerprint density at radius 2 is 1.79 bits per heavy atom. The number of fused-ring (bicyclic) bond motifs is 1. The van der Waals surface area contributed by atoms with Gasteiger partial charge in [0.05, 0.1) is 12.7 Å². The van der Waals surface area contributed by atoms with Crippen LogP contribution in [0.25, 0.3) is 22.1 Å². The summed E-state index contributed by atoms with van der Waals surface area (Å²) < 4.78 is 15.5. The molecule has 0 fully saturated rings. The first-order chi connectivity index (χ1) is 11.6. The molecule has 0 aliphatic carbocycles. The average molecular weight is 322 g/mol. The molecule has 120 valence electrons. The summed E-state index contributed by atoms with van der Waals surface area (Å²) in [6, 6.07) is 13.6. The van der Waals surface area contributed by atoms with E-state index in [4.69, 9.17) is 13.9 Å². The number of benzene rings is 2. The number of hydrogen-bond acceptors (Lipinski definition) is 5. The Labute approximate surface area is 137 Å². The fourth-order valence-electron chi connectivity index (χ4n) is 2.29. The van der Waals surface area contributed by atoms with Crippen molar-refractivity contribution in [3.63, 3.8) is 0 Å². The highest BCUT2D eigenvalue weighted by Crippen LogP contribution is 2.25. The van der Waals surface area contributed by atoms with Gasteiger partial charge in [-0.2, -0.15) is 0 Å². The molecule has 0 amide bonds. The second-order valence-corrected chi connectivity index (χ2v) is 5.00. The minimum Gasteiger partial charge on any atom is -0.497 e. The molecule has 1 heterocycles. The van der Waals surface area contributed by atoms with Gasteiger partial charge in [-0.05, 0) is 42.0 Å². The molecule has 24 heavy (non-hydrogen) atoms. The molecule has 2 aromatic carbocycles. The van der Waals surface area contributed by atoms with E-state index in [2.05, 4.69) is 6.58 Å². The molecule has 1 aromatic heterocycles. The second kappa shape index (κ2) is 6.42. The maximum absolute atomic E-state index is 12.2. The molecule has 0 unspecified atom stereocenters. The van der Waals surface area contributed by atoms with Crippen molar-refractivity contribution in [1.29, 1.82) is 0 Å². The van der Waals surface area contributed by atoms with E-state index in [9.17, 15) is 9.59 Å². The SMILES string of the molecule is C=CC(=O)Oc1ccc2oc(=O)c(-c3ccc(OC)cc3)cc2c1. The minimum absolute atomic E-state index is 0.349. The lowest BCUT2D eigenvalue weighted by Crippen LogP contribution is -2.04. The van der Waals surface area contributed by atoms with Crippen molar-refractivity contribution in [1.82, 2.24) is 0 Å². The van der Waals surface area contributed by atoms with Crippen molar-refractivity contribution < 1.29 is 18.7 Å². The largest absolute Gasteiger partial charge is 0.497 e. The lowest BCUT2D eigenvalue weighted by atomic mass is 10.1. The Balaban J connectivity index is 2.07. The Morgan fingerprint density at radius 1 is 1.08 bits per heavy atom. The lowest BCUT2D eigenvalue weighted by Gasteiger charge is -2.06. The zero-order valence-electron chi connectivity index (χ0n) is 12.9. The fraction of sp³-hybridized carbons (Fsp3) is 0.0526. The maximum atomic E-state index is 12.2. The van der Waals surface area contributed by atoms with E-state index in [1.807, 2.05) is 0 Å². The third kappa shape index (κ3) is 3.05. The number of esters is 1. The Morgan fingerprint density at radius 3 is 2.46 bits per heavy atom. The van der Waals surface area contributed by atoms with E-state index >= 15 is 0 Å². The normalized spacial score (nSPS) is 10.4. The molecule has 0 saturated carbocycles. The summed E-state index contributed by atoms with van der Waals surface area (Å²) in [6.07, 6.45) is 1.08. The first-order valence-corrected chi connectivity index (χ1v) is 7.17. The smallest absolute Gasteiger partial charge is 0.344 e. The predicted molar refractivity (Wildman–Crippen MR) is 90.3 cm³/mol. The van der Waals surface area contributed by atoms with E-state index in [0.29, 0.717) is 33.6 Å². The predicted octanol–water partition coefficient (Wildman–Crippen LogP) is 3.56. The summed E-state index contributed by atoms with van der Waals surface area (Å²) in [6.45, 7) is 3.35. The van der Waals surface area contributed by atoms with Crippen molar-refractivity contribution >= 4 is 16.9 Å². The fourth-order valence-corrected chi connectivity index (χ4v) is 2.29. The first-order valence-electron chi connectivity index (χ1n) is 7.17. The maximum Gasteiger partial charge on any atom is 0.344 e. The number of carbonyl (C=O) groups is 1. The molecular formula is C19H14O5. The molecule has 0 atom stereocenters. The summed E-state index contributed by atoms with van der Waals surface area (Å²) in [4.78, 5) is 23.5. The standard InChI is InChI=1S/C19H14O5/c1-3-18(20)23-15-8-9-17-13(10-15)11-16(19(21)24-17)12-4-6-14(22-2)7-5-12/h3-11H,1H2,2H3. The molecule has 0 saturated heterocycles. The van der Waals surface area contributed by atoms with Crippen molar-refractivity contribution in [3.8, 4) is 22.6 Å².